The molecule has 8 nitrogen and oxygen atoms in total. The number of carbonyl (C=O) groups excluding carboxylic acids is 3. The van der Waals surface area contributed by atoms with Crippen LogP contribution in [0.2, 0.25) is 0 Å². The molecule has 206 valence electrons. The zero-order valence-corrected chi connectivity index (χ0v) is 23.0. The molecule has 9 heteroatoms. The third-order valence-corrected chi connectivity index (χ3v) is 6.89. The summed E-state index contributed by atoms with van der Waals surface area (Å²) in [6.07, 6.45) is 1.48. The number of amides is 2. The average molecular weight is 575 g/mol. The van der Waals surface area contributed by atoms with Crippen molar-refractivity contribution in [2.45, 2.75) is 0 Å². The summed E-state index contributed by atoms with van der Waals surface area (Å²) in [6, 6.07) is 29.6. The highest BCUT2D eigenvalue weighted by atomic mass is 32.1. The SMILES string of the molecule is COc1ccc(C(=O)c2cc3cc(/C=C4/C(=O)NC(=S)N(c5ccc(Oc6ccccc6)cc5)C4=O)ccc3o2)cc1. The fourth-order valence-electron chi connectivity index (χ4n) is 4.49. The van der Waals surface area contributed by atoms with Gasteiger partial charge in [-0.1, -0.05) is 24.3 Å². The first-order valence-corrected chi connectivity index (χ1v) is 13.3. The van der Waals surface area contributed by atoms with Gasteiger partial charge in [-0.2, -0.15) is 0 Å². The van der Waals surface area contributed by atoms with Crippen molar-refractivity contribution in [2.24, 2.45) is 0 Å². The molecule has 0 radical (unpaired) electrons. The molecule has 1 saturated heterocycles. The minimum atomic E-state index is -0.604. The van der Waals surface area contributed by atoms with E-state index < -0.39 is 11.8 Å². The fraction of sp³-hybridized carbons (Fsp3) is 0.0303. The van der Waals surface area contributed by atoms with E-state index in [2.05, 4.69) is 5.32 Å². The molecule has 2 heterocycles. The van der Waals surface area contributed by atoms with Crippen molar-refractivity contribution in [1.82, 2.24) is 5.32 Å². The number of hydrogen-bond donors (Lipinski definition) is 1. The molecule has 0 spiro atoms. The Labute approximate surface area is 245 Å². The largest absolute Gasteiger partial charge is 0.497 e. The van der Waals surface area contributed by atoms with Gasteiger partial charge in [-0.15, -0.1) is 0 Å². The molecule has 6 rings (SSSR count). The number of benzene rings is 4. The molecule has 0 bridgehead atoms. The van der Waals surface area contributed by atoms with Crippen molar-refractivity contribution in [3.8, 4) is 17.2 Å². The van der Waals surface area contributed by atoms with E-state index in [1.165, 1.54) is 11.0 Å². The molecule has 0 unspecified atom stereocenters. The van der Waals surface area contributed by atoms with Crippen molar-refractivity contribution in [3.63, 3.8) is 0 Å². The molecule has 1 N–H and O–H groups in total. The van der Waals surface area contributed by atoms with Crippen molar-refractivity contribution < 1.29 is 28.3 Å². The standard InChI is InChI=1S/C33H22N2O6S/c1-39-24-12-8-21(9-13-24)30(36)29-19-22-17-20(7-16-28(22)41-29)18-27-31(37)34-33(42)35(32(27)38)23-10-14-26(15-11-23)40-25-5-3-2-4-6-25/h2-19H,1H3,(H,34,37,42)/b27-18-. The fourth-order valence-corrected chi connectivity index (χ4v) is 4.78. The van der Waals surface area contributed by atoms with Crippen molar-refractivity contribution in [2.75, 3.05) is 12.0 Å². The minimum Gasteiger partial charge on any atom is -0.497 e. The van der Waals surface area contributed by atoms with Crippen LogP contribution < -0.4 is 19.7 Å². The van der Waals surface area contributed by atoms with Crippen LogP contribution in [0, 0.1) is 0 Å². The Morgan fingerprint density at radius 2 is 1.55 bits per heavy atom. The first-order valence-electron chi connectivity index (χ1n) is 12.9. The summed E-state index contributed by atoms with van der Waals surface area (Å²) in [5, 5.41) is 3.21. The molecule has 0 atom stereocenters. The molecule has 1 fully saturated rings. The van der Waals surface area contributed by atoms with Crippen LogP contribution in [0.3, 0.4) is 0 Å². The lowest BCUT2D eigenvalue weighted by Gasteiger charge is -2.29. The Balaban J connectivity index is 1.24. The summed E-state index contributed by atoms with van der Waals surface area (Å²) in [5.41, 5.74) is 1.91. The second kappa shape index (κ2) is 11.1. The van der Waals surface area contributed by atoms with Crippen LogP contribution in [0.15, 0.2) is 113 Å². The monoisotopic (exact) mass is 574 g/mol. The highest BCUT2D eigenvalue weighted by molar-refractivity contribution is 7.80. The lowest BCUT2D eigenvalue weighted by atomic mass is 10.0. The number of nitrogens with one attached hydrogen (secondary N) is 1. The molecule has 1 aliphatic rings. The third-order valence-electron chi connectivity index (χ3n) is 6.60. The number of ketones is 1. The smallest absolute Gasteiger partial charge is 0.270 e. The van der Waals surface area contributed by atoms with Crippen LogP contribution in [0.25, 0.3) is 17.0 Å². The number of ether oxygens (including phenoxy) is 2. The highest BCUT2D eigenvalue weighted by Gasteiger charge is 2.34. The molecular formula is C33H22N2O6S. The molecule has 0 aliphatic carbocycles. The first kappa shape index (κ1) is 26.7. The minimum absolute atomic E-state index is 0.0224. The molecular weight excluding hydrogens is 552 g/mol. The molecule has 0 saturated carbocycles. The van der Waals surface area contributed by atoms with Crippen molar-refractivity contribution >= 4 is 57.7 Å². The van der Waals surface area contributed by atoms with Crippen LogP contribution in [0.5, 0.6) is 17.2 Å². The lowest BCUT2D eigenvalue weighted by molar-refractivity contribution is -0.122. The Kier molecular flexibility index (Phi) is 7.08. The number of nitrogens with zero attached hydrogens (tertiary/aromatic N) is 1. The van der Waals surface area contributed by atoms with E-state index in [4.69, 9.17) is 26.1 Å². The number of carbonyl (C=O) groups is 3. The van der Waals surface area contributed by atoms with Gasteiger partial charge in [0.25, 0.3) is 11.8 Å². The summed E-state index contributed by atoms with van der Waals surface area (Å²) in [5.74, 6) is 0.625. The molecule has 42 heavy (non-hydrogen) atoms. The van der Waals surface area contributed by atoms with Gasteiger partial charge in [-0.05, 0) is 103 Å². The number of hydrogen-bond acceptors (Lipinski definition) is 7. The normalized spacial score (nSPS) is 14.3. The highest BCUT2D eigenvalue weighted by Crippen LogP contribution is 2.28. The van der Waals surface area contributed by atoms with Crippen molar-refractivity contribution in [1.29, 1.82) is 0 Å². The predicted octanol–water partition coefficient (Wildman–Crippen LogP) is 6.30. The van der Waals surface area contributed by atoms with Crippen molar-refractivity contribution in [3.05, 3.63) is 126 Å². The topological polar surface area (TPSA) is 98.1 Å². The van der Waals surface area contributed by atoms with E-state index >= 15 is 0 Å². The number of rotatable bonds is 7. The van der Waals surface area contributed by atoms with Crippen LogP contribution in [-0.4, -0.2) is 29.8 Å². The van der Waals surface area contributed by atoms with Gasteiger partial charge in [-0.25, -0.2) is 0 Å². The quantitative estimate of drug-likeness (QED) is 0.106. The van der Waals surface area contributed by atoms with E-state index in [-0.39, 0.29) is 22.2 Å². The Bertz CT molecular complexity index is 1880. The number of para-hydroxylation sites is 1. The zero-order chi connectivity index (χ0) is 29.2. The summed E-state index contributed by atoms with van der Waals surface area (Å²) in [4.78, 5) is 40.5. The third kappa shape index (κ3) is 5.28. The summed E-state index contributed by atoms with van der Waals surface area (Å²) in [7, 11) is 1.55. The van der Waals surface area contributed by atoms with Gasteiger partial charge in [0, 0.05) is 10.9 Å². The van der Waals surface area contributed by atoms with Crippen LogP contribution in [-0.2, 0) is 9.59 Å². The van der Waals surface area contributed by atoms with E-state index in [1.54, 1.807) is 79.9 Å². The molecule has 2 amide bonds. The maximum Gasteiger partial charge on any atom is 0.270 e. The molecule has 5 aromatic rings. The molecule has 1 aromatic heterocycles. The van der Waals surface area contributed by atoms with Crippen LogP contribution in [0.1, 0.15) is 21.7 Å². The number of methoxy groups -OCH3 is 1. The maximum atomic E-state index is 13.5. The second-order valence-corrected chi connectivity index (χ2v) is 9.72. The van der Waals surface area contributed by atoms with E-state index in [0.717, 1.165) is 0 Å². The van der Waals surface area contributed by atoms with Gasteiger partial charge in [0.1, 0.15) is 28.4 Å². The summed E-state index contributed by atoms with van der Waals surface area (Å²) < 4.78 is 16.8. The predicted molar refractivity (Wildman–Crippen MR) is 162 cm³/mol. The van der Waals surface area contributed by atoms with E-state index in [9.17, 15) is 14.4 Å². The number of furan rings is 1. The average Bonchev–Trinajstić information content (AvgIpc) is 3.44. The van der Waals surface area contributed by atoms with Gasteiger partial charge in [0.05, 0.1) is 12.8 Å². The summed E-state index contributed by atoms with van der Waals surface area (Å²) in [6.45, 7) is 0. The van der Waals surface area contributed by atoms with Crippen LogP contribution >= 0.6 is 12.2 Å². The Morgan fingerprint density at radius 3 is 2.26 bits per heavy atom. The van der Waals surface area contributed by atoms with E-state index in [1.807, 2.05) is 30.3 Å². The number of anilines is 1. The van der Waals surface area contributed by atoms with Gasteiger partial charge >= 0.3 is 0 Å². The maximum absolute atomic E-state index is 13.5. The van der Waals surface area contributed by atoms with Gasteiger partial charge < -0.3 is 13.9 Å². The van der Waals surface area contributed by atoms with Crippen LogP contribution in [0.4, 0.5) is 5.69 Å². The Morgan fingerprint density at radius 1 is 0.857 bits per heavy atom. The molecule has 4 aromatic carbocycles. The van der Waals surface area contributed by atoms with Gasteiger partial charge in [0.15, 0.2) is 10.9 Å². The van der Waals surface area contributed by atoms with Gasteiger partial charge in [0.2, 0.25) is 5.78 Å². The second-order valence-electron chi connectivity index (χ2n) is 9.33. The molecule has 1 aliphatic heterocycles. The zero-order valence-electron chi connectivity index (χ0n) is 22.2. The van der Waals surface area contributed by atoms with Gasteiger partial charge in [-0.3, -0.25) is 24.6 Å². The number of fused-ring (bicyclic) bond motifs is 1. The first-order chi connectivity index (χ1) is 20.4. The lowest BCUT2D eigenvalue weighted by Crippen LogP contribution is -2.54. The summed E-state index contributed by atoms with van der Waals surface area (Å²) >= 11 is 5.33. The van der Waals surface area contributed by atoms with E-state index in [0.29, 0.717) is 45.0 Å². The number of thiocarbonyl (C=S) groups is 1. The Hall–Kier alpha value is -5.54.